The highest BCUT2D eigenvalue weighted by Crippen LogP contribution is 2.47. The van der Waals surface area contributed by atoms with Gasteiger partial charge in [0.25, 0.3) is 0 Å². The number of benzene rings is 1. The van der Waals surface area contributed by atoms with Crippen molar-refractivity contribution in [1.29, 1.82) is 0 Å². The highest BCUT2D eigenvalue weighted by atomic mass is 35.5. The number of β-amino-alcohol motifs (C(OH)–C–C–N with tert-alkyl or cyclic N) is 1. The molecule has 114 valence electrons. The Kier molecular flexibility index (Phi) is 4.30. The molecule has 1 heterocycles. The Bertz CT molecular complexity index is 553. The number of rotatable bonds is 5. The summed E-state index contributed by atoms with van der Waals surface area (Å²) in [5.74, 6) is 0. The Hall–Kier alpha value is -0.590. The Morgan fingerprint density at radius 2 is 2.10 bits per heavy atom. The molecule has 4 nitrogen and oxygen atoms in total. The van der Waals surface area contributed by atoms with Gasteiger partial charge in [-0.3, -0.25) is 5.01 Å². The summed E-state index contributed by atoms with van der Waals surface area (Å²) in [6.07, 6.45) is 1.79. The van der Waals surface area contributed by atoms with Crippen molar-refractivity contribution in [2.24, 2.45) is 0 Å². The molecule has 3 rings (SSSR count). The minimum Gasteiger partial charge on any atom is -0.391 e. The monoisotopic (exact) mass is 345 g/mol. The molecular weight excluding hydrogens is 329 g/mol. The zero-order valence-electron chi connectivity index (χ0n) is 11.4. The van der Waals surface area contributed by atoms with Crippen LogP contribution in [0.15, 0.2) is 24.3 Å². The minimum atomic E-state index is -0.533. The largest absolute Gasteiger partial charge is 0.391 e. The lowest BCUT2D eigenvalue weighted by molar-refractivity contribution is 0.00678. The van der Waals surface area contributed by atoms with E-state index in [-0.39, 0.29) is 0 Å². The van der Waals surface area contributed by atoms with E-state index in [1.807, 2.05) is 34.3 Å². The number of aliphatic hydroxyl groups excluding tert-OH is 1. The second-order valence-electron chi connectivity index (χ2n) is 5.51. The van der Waals surface area contributed by atoms with E-state index >= 15 is 0 Å². The number of nitrogens with one attached hydrogen (secondary N) is 1. The zero-order chi connectivity index (χ0) is 15.0. The second kappa shape index (κ2) is 5.89. The first-order valence-electron chi connectivity index (χ1n) is 6.93. The van der Waals surface area contributed by atoms with Crippen molar-refractivity contribution in [3.05, 3.63) is 34.9 Å². The topological polar surface area (TPSA) is 38.7 Å². The molecule has 1 saturated carbocycles. The summed E-state index contributed by atoms with van der Waals surface area (Å²) in [5, 5.41) is 18.6. The summed E-state index contributed by atoms with van der Waals surface area (Å²) in [5.41, 5.74) is 0.944. The maximum atomic E-state index is 10.3. The normalized spacial score (nSPS) is 22.2. The first-order chi connectivity index (χ1) is 9.99. The molecule has 7 heteroatoms. The van der Waals surface area contributed by atoms with Crippen LogP contribution in [0.4, 0.5) is 0 Å². The lowest BCUT2D eigenvalue weighted by Gasteiger charge is -2.33. The Labute approximate surface area is 139 Å². The number of hydrazine groups is 1. The third-order valence-corrected chi connectivity index (χ3v) is 4.99. The van der Waals surface area contributed by atoms with Crippen LogP contribution in [0.5, 0.6) is 0 Å². The summed E-state index contributed by atoms with van der Waals surface area (Å²) in [6, 6.07) is 7.57. The molecule has 0 radical (unpaired) electrons. The molecule has 0 bridgehead atoms. The number of aliphatic hydroxyl groups is 1. The van der Waals surface area contributed by atoms with Crippen molar-refractivity contribution < 1.29 is 5.11 Å². The molecule has 2 aliphatic rings. The predicted octanol–water partition coefficient (Wildman–Crippen LogP) is 2.34. The van der Waals surface area contributed by atoms with Crippen LogP contribution in [-0.4, -0.2) is 44.6 Å². The summed E-state index contributed by atoms with van der Waals surface area (Å²) in [4.78, 5) is -0.398. The maximum absolute atomic E-state index is 10.3. The van der Waals surface area contributed by atoms with Gasteiger partial charge in [0.05, 0.1) is 12.8 Å². The highest BCUT2D eigenvalue weighted by Gasteiger charge is 2.52. The van der Waals surface area contributed by atoms with Gasteiger partial charge in [0, 0.05) is 18.0 Å². The lowest BCUT2D eigenvalue weighted by atomic mass is 10.1. The van der Waals surface area contributed by atoms with Crippen LogP contribution in [0.1, 0.15) is 18.4 Å². The predicted molar refractivity (Wildman–Crippen MR) is 88.1 cm³/mol. The van der Waals surface area contributed by atoms with E-state index in [0.717, 1.165) is 18.4 Å². The van der Waals surface area contributed by atoms with Crippen LogP contribution in [0.25, 0.3) is 0 Å². The van der Waals surface area contributed by atoms with Gasteiger partial charge in [-0.2, -0.15) is 5.01 Å². The van der Waals surface area contributed by atoms with Crippen LogP contribution >= 0.6 is 35.4 Å². The number of hydrogen-bond donors (Lipinski definition) is 2. The van der Waals surface area contributed by atoms with Gasteiger partial charge < -0.3 is 10.4 Å². The molecule has 2 fully saturated rings. The van der Waals surface area contributed by atoms with E-state index in [1.165, 1.54) is 0 Å². The van der Waals surface area contributed by atoms with Crippen molar-refractivity contribution in [3.63, 3.8) is 0 Å². The zero-order valence-corrected chi connectivity index (χ0v) is 13.8. The molecule has 1 atom stereocenters. The molecule has 1 aliphatic heterocycles. The van der Waals surface area contributed by atoms with Gasteiger partial charge in [0.15, 0.2) is 5.11 Å². The Balaban J connectivity index is 1.63. The molecule has 0 amide bonds. The molecule has 2 N–H and O–H groups in total. The van der Waals surface area contributed by atoms with E-state index in [1.54, 1.807) is 0 Å². The van der Waals surface area contributed by atoms with Gasteiger partial charge in [-0.1, -0.05) is 41.4 Å². The van der Waals surface area contributed by atoms with Gasteiger partial charge in [0.2, 0.25) is 0 Å². The van der Waals surface area contributed by atoms with Crippen LogP contribution < -0.4 is 5.32 Å². The molecule has 0 spiro atoms. The van der Waals surface area contributed by atoms with Gasteiger partial charge in [-0.15, -0.1) is 0 Å². The van der Waals surface area contributed by atoms with Crippen LogP contribution in [-0.2, 0) is 6.42 Å². The quantitative estimate of drug-likeness (QED) is 0.486. The third kappa shape index (κ3) is 3.27. The molecule has 21 heavy (non-hydrogen) atoms. The van der Waals surface area contributed by atoms with Crippen molar-refractivity contribution in [2.75, 3.05) is 13.2 Å². The standard InChI is InChI=1S/C14H17Cl2N3OS/c15-12-4-2-1-3-10(12)7-11(20)8-18-9-17-13(21)19(18)14(16)5-6-14/h1-4,11,20H,5-9H2,(H,17,21). The average Bonchev–Trinajstić information content (AvgIpc) is 3.06. The lowest BCUT2D eigenvalue weighted by Crippen LogP contribution is -2.48. The maximum Gasteiger partial charge on any atom is 0.186 e. The van der Waals surface area contributed by atoms with Crippen molar-refractivity contribution >= 4 is 40.5 Å². The fraction of sp³-hybridized carbons (Fsp3) is 0.500. The van der Waals surface area contributed by atoms with Gasteiger partial charge in [-0.05, 0) is 36.7 Å². The van der Waals surface area contributed by atoms with E-state index in [4.69, 9.17) is 35.4 Å². The third-order valence-electron chi connectivity index (χ3n) is 3.77. The molecule has 1 unspecified atom stereocenters. The van der Waals surface area contributed by atoms with Gasteiger partial charge in [0.1, 0.15) is 5.00 Å². The van der Waals surface area contributed by atoms with E-state index in [9.17, 15) is 5.11 Å². The fourth-order valence-electron chi connectivity index (χ4n) is 2.56. The highest BCUT2D eigenvalue weighted by molar-refractivity contribution is 7.80. The fourth-order valence-corrected chi connectivity index (χ4v) is 3.46. The van der Waals surface area contributed by atoms with Crippen LogP contribution in [0, 0.1) is 0 Å². The van der Waals surface area contributed by atoms with Crippen molar-refractivity contribution in [2.45, 2.75) is 30.4 Å². The molecule has 1 aromatic rings. The number of nitrogens with zero attached hydrogens (tertiary/aromatic N) is 2. The minimum absolute atomic E-state index is 0.398. The van der Waals surface area contributed by atoms with Crippen molar-refractivity contribution in [3.8, 4) is 0 Å². The van der Waals surface area contributed by atoms with E-state index in [0.29, 0.717) is 29.8 Å². The molecule has 1 saturated heterocycles. The molecule has 1 aromatic carbocycles. The number of halogens is 2. The average molecular weight is 346 g/mol. The summed E-state index contributed by atoms with van der Waals surface area (Å²) >= 11 is 17.9. The van der Waals surface area contributed by atoms with E-state index in [2.05, 4.69) is 5.32 Å². The number of thiocarbonyl (C=S) groups is 1. The van der Waals surface area contributed by atoms with Gasteiger partial charge in [-0.25, -0.2) is 0 Å². The molecule has 1 aliphatic carbocycles. The summed E-state index contributed by atoms with van der Waals surface area (Å²) in [7, 11) is 0. The Morgan fingerprint density at radius 1 is 1.38 bits per heavy atom. The smallest absolute Gasteiger partial charge is 0.186 e. The molecular formula is C14H17Cl2N3OS. The summed E-state index contributed by atoms with van der Waals surface area (Å²) in [6.45, 7) is 1.04. The number of alkyl halides is 1. The van der Waals surface area contributed by atoms with Crippen LogP contribution in [0.2, 0.25) is 5.02 Å². The van der Waals surface area contributed by atoms with Gasteiger partial charge >= 0.3 is 0 Å². The summed E-state index contributed by atoms with van der Waals surface area (Å²) < 4.78 is 0. The van der Waals surface area contributed by atoms with Crippen molar-refractivity contribution in [1.82, 2.24) is 15.3 Å². The molecule has 0 aromatic heterocycles. The first-order valence-corrected chi connectivity index (χ1v) is 8.09. The van der Waals surface area contributed by atoms with Crippen LogP contribution in [0.3, 0.4) is 0 Å². The Morgan fingerprint density at radius 3 is 2.76 bits per heavy atom. The van der Waals surface area contributed by atoms with E-state index < -0.39 is 11.1 Å². The SMILES string of the molecule is OC(Cc1ccccc1Cl)CN1CNC(=S)N1C1(Cl)CC1. The number of hydrogen-bond acceptors (Lipinski definition) is 3. The second-order valence-corrected chi connectivity index (χ2v) is 7.01. The first kappa shape index (κ1) is 15.3.